The van der Waals surface area contributed by atoms with Gasteiger partial charge in [-0.15, -0.1) is 11.3 Å². The van der Waals surface area contributed by atoms with Gasteiger partial charge in [0.25, 0.3) is 0 Å². The van der Waals surface area contributed by atoms with Gasteiger partial charge in [0.05, 0.1) is 11.3 Å². The van der Waals surface area contributed by atoms with Crippen molar-refractivity contribution >= 4 is 28.9 Å². The quantitative estimate of drug-likeness (QED) is 0.694. The van der Waals surface area contributed by atoms with Crippen LogP contribution in [0.1, 0.15) is 36.1 Å². The lowest BCUT2D eigenvalue weighted by atomic mass is 10.2. The molecule has 25 heavy (non-hydrogen) atoms. The largest absolute Gasteiger partial charge is 0.492 e. The third kappa shape index (κ3) is 4.93. The van der Waals surface area contributed by atoms with Gasteiger partial charge in [0.1, 0.15) is 22.2 Å². The number of likely N-dealkylation sites (N-methyl/N-ethyl adjacent to an activating group) is 1. The summed E-state index contributed by atoms with van der Waals surface area (Å²) < 4.78 is 5.94. The molecular formula is C18H23ClN2O3S. The molecule has 5 nitrogen and oxygen atoms in total. The predicted octanol–water partition coefficient (Wildman–Crippen LogP) is 4.44. The van der Waals surface area contributed by atoms with E-state index in [9.17, 15) is 9.90 Å². The molecule has 0 amide bonds. The minimum absolute atomic E-state index is 0.270. The van der Waals surface area contributed by atoms with Gasteiger partial charge in [-0.2, -0.15) is 0 Å². The third-order valence-corrected chi connectivity index (χ3v) is 5.31. The van der Waals surface area contributed by atoms with Gasteiger partial charge >= 0.3 is 5.97 Å². The summed E-state index contributed by atoms with van der Waals surface area (Å²) >= 11 is 7.29. The van der Waals surface area contributed by atoms with Crippen LogP contribution in [-0.2, 0) is 6.42 Å². The van der Waals surface area contributed by atoms with Gasteiger partial charge in [0.2, 0.25) is 0 Å². The lowest BCUT2D eigenvalue weighted by Gasteiger charge is -2.18. The number of ether oxygens (including phenoxy) is 1. The van der Waals surface area contributed by atoms with Crippen molar-refractivity contribution in [1.82, 2.24) is 9.88 Å². The SMILES string of the molecule is CCc1nc(-c2cc(Cl)ccc2OCCN(CC)CC)sc1C(=O)O. The normalized spacial score (nSPS) is 11.1. The van der Waals surface area contributed by atoms with Gasteiger partial charge in [-0.3, -0.25) is 0 Å². The molecule has 2 rings (SSSR count). The van der Waals surface area contributed by atoms with Gasteiger partial charge in [-0.25, -0.2) is 9.78 Å². The number of hydrogen-bond donors (Lipinski definition) is 1. The molecule has 1 N–H and O–H groups in total. The standard InChI is InChI=1S/C18H23ClN2O3S/c1-4-14-16(18(22)23)25-17(20-14)13-11-12(19)7-8-15(13)24-10-9-21(5-2)6-3/h7-8,11H,4-6,9-10H2,1-3H3,(H,22,23). The van der Waals surface area contributed by atoms with Crippen molar-refractivity contribution in [2.24, 2.45) is 0 Å². The summed E-state index contributed by atoms with van der Waals surface area (Å²) in [6.45, 7) is 9.45. The van der Waals surface area contributed by atoms with Crippen molar-refractivity contribution in [2.75, 3.05) is 26.2 Å². The van der Waals surface area contributed by atoms with Gasteiger partial charge < -0.3 is 14.7 Å². The summed E-state index contributed by atoms with van der Waals surface area (Å²) in [6.07, 6.45) is 0.566. The van der Waals surface area contributed by atoms with Crippen molar-refractivity contribution in [1.29, 1.82) is 0 Å². The molecule has 0 unspecified atom stereocenters. The summed E-state index contributed by atoms with van der Waals surface area (Å²) in [7, 11) is 0. The Labute approximate surface area is 157 Å². The summed E-state index contributed by atoms with van der Waals surface area (Å²) in [4.78, 5) is 18.4. The fourth-order valence-corrected chi connectivity index (χ4v) is 3.68. The van der Waals surface area contributed by atoms with Crippen molar-refractivity contribution < 1.29 is 14.6 Å². The maximum atomic E-state index is 11.4. The Hall–Kier alpha value is -1.63. The highest BCUT2D eigenvalue weighted by Gasteiger charge is 2.19. The van der Waals surface area contributed by atoms with Crippen LogP contribution in [0.15, 0.2) is 18.2 Å². The first-order valence-corrected chi connectivity index (χ1v) is 9.57. The number of carbonyl (C=O) groups is 1. The van der Waals surface area contributed by atoms with Crippen LogP contribution in [0.5, 0.6) is 5.75 Å². The van der Waals surface area contributed by atoms with Crippen LogP contribution in [0, 0.1) is 0 Å². The van der Waals surface area contributed by atoms with E-state index in [1.807, 2.05) is 13.0 Å². The highest BCUT2D eigenvalue weighted by atomic mass is 35.5. The summed E-state index contributed by atoms with van der Waals surface area (Å²) in [5.74, 6) is -0.281. The van der Waals surface area contributed by atoms with Gasteiger partial charge in [0.15, 0.2) is 0 Å². The van der Waals surface area contributed by atoms with E-state index >= 15 is 0 Å². The van der Waals surface area contributed by atoms with E-state index in [1.54, 1.807) is 12.1 Å². The van der Waals surface area contributed by atoms with Crippen molar-refractivity contribution in [3.63, 3.8) is 0 Å². The second-order valence-corrected chi connectivity index (χ2v) is 6.90. The molecule has 0 spiro atoms. The number of hydrogen-bond acceptors (Lipinski definition) is 5. The fourth-order valence-electron chi connectivity index (χ4n) is 2.49. The molecule has 0 saturated carbocycles. The molecule has 0 fully saturated rings. The molecule has 0 bridgehead atoms. The van der Waals surface area contributed by atoms with Crippen LogP contribution >= 0.6 is 22.9 Å². The highest BCUT2D eigenvalue weighted by Crippen LogP contribution is 2.36. The average Bonchev–Trinajstić information content (AvgIpc) is 3.04. The van der Waals surface area contributed by atoms with Crippen molar-refractivity contribution in [3.8, 4) is 16.3 Å². The summed E-state index contributed by atoms with van der Waals surface area (Å²) in [6, 6.07) is 5.36. The van der Waals surface area contributed by atoms with E-state index in [1.165, 1.54) is 0 Å². The average molecular weight is 383 g/mol. The molecule has 0 aliphatic rings. The third-order valence-electron chi connectivity index (χ3n) is 3.96. The van der Waals surface area contributed by atoms with E-state index < -0.39 is 5.97 Å². The Kier molecular flexibility index (Phi) is 7.23. The second-order valence-electron chi connectivity index (χ2n) is 5.47. The van der Waals surface area contributed by atoms with E-state index in [4.69, 9.17) is 16.3 Å². The minimum atomic E-state index is -0.952. The van der Waals surface area contributed by atoms with Crippen LogP contribution in [0.4, 0.5) is 0 Å². The fraction of sp³-hybridized carbons (Fsp3) is 0.444. The number of rotatable bonds is 9. The number of aromatic carboxylic acids is 1. The maximum Gasteiger partial charge on any atom is 0.347 e. The second kappa shape index (κ2) is 9.17. The van der Waals surface area contributed by atoms with Crippen molar-refractivity contribution in [3.05, 3.63) is 33.8 Å². The molecule has 0 aliphatic carbocycles. The first-order valence-electron chi connectivity index (χ1n) is 8.38. The molecule has 136 valence electrons. The molecule has 1 aromatic carbocycles. The molecule has 1 aromatic heterocycles. The summed E-state index contributed by atoms with van der Waals surface area (Å²) in [5.41, 5.74) is 1.32. The number of benzene rings is 1. The van der Waals surface area contributed by atoms with Gasteiger partial charge in [-0.1, -0.05) is 32.4 Å². The zero-order valence-electron chi connectivity index (χ0n) is 14.7. The van der Waals surface area contributed by atoms with Gasteiger partial charge in [0, 0.05) is 11.6 Å². The smallest absolute Gasteiger partial charge is 0.347 e. The monoisotopic (exact) mass is 382 g/mol. The molecule has 1 heterocycles. The molecule has 0 aliphatic heterocycles. The minimum Gasteiger partial charge on any atom is -0.492 e. The molecule has 2 aromatic rings. The van der Waals surface area contributed by atoms with Gasteiger partial charge in [-0.05, 0) is 37.7 Å². The lowest BCUT2D eigenvalue weighted by Crippen LogP contribution is -2.27. The number of carboxylic acid groups (broad SMARTS) is 1. The van der Waals surface area contributed by atoms with Crippen LogP contribution < -0.4 is 4.74 Å². The number of aryl methyl sites for hydroxylation is 1. The Morgan fingerprint density at radius 3 is 2.60 bits per heavy atom. The highest BCUT2D eigenvalue weighted by molar-refractivity contribution is 7.17. The Bertz CT molecular complexity index is 729. The molecule has 0 radical (unpaired) electrons. The first-order chi connectivity index (χ1) is 12.0. The molecular weight excluding hydrogens is 360 g/mol. The lowest BCUT2D eigenvalue weighted by molar-refractivity contribution is 0.0701. The topological polar surface area (TPSA) is 62.7 Å². The zero-order valence-corrected chi connectivity index (χ0v) is 16.3. The number of halogens is 1. The summed E-state index contributed by atoms with van der Waals surface area (Å²) in [5, 5.41) is 10.5. The number of aromatic nitrogens is 1. The molecule has 7 heteroatoms. The Balaban J connectivity index is 2.28. The van der Waals surface area contributed by atoms with Crippen LogP contribution in [0.3, 0.4) is 0 Å². The number of carboxylic acids is 1. The predicted molar refractivity (Wildman–Crippen MR) is 102 cm³/mol. The first kappa shape index (κ1) is 19.7. The molecule has 0 atom stereocenters. The number of nitrogens with zero attached hydrogens (tertiary/aromatic N) is 2. The van der Waals surface area contributed by atoms with Crippen molar-refractivity contribution in [2.45, 2.75) is 27.2 Å². The van der Waals surface area contributed by atoms with Crippen LogP contribution in [-0.4, -0.2) is 47.2 Å². The zero-order chi connectivity index (χ0) is 18.4. The molecule has 0 saturated heterocycles. The van der Waals surface area contributed by atoms with E-state index in [2.05, 4.69) is 23.7 Å². The van der Waals surface area contributed by atoms with E-state index in [0.29, 0.717) is 34.5 Å². The van der Waals surface area contributed by atoms with E-state index in [-0.39, 0.29) is 4.88 Å². The maximum absolute atomic E-state index is 11.4. The Morgan fingerprint density at radius 1 is 1.32 bits per heavy atom. The Morgan fingerprint density at radius 2 is 2.04 bits per heavy atom. The van der Waals surface area contributed by atoms with Crippen LogP contribution in [0.2, 0.25) is 5.02 Å². The van der Waals surface area contributed by atoms with Crippen LogP contribution in [0.25, 0.3) is 10.6 Å². The number of thiazole rings is 1. The van der Waals surface area contributed by atoms with E-state index in [0.717, 1.165) is 36.5 Å².